The van der Waals surface area contributed by atoms with Crippen molar-refractivity contribution in [1.82, 2.24) is 5.32 Å². The summed E-state index contributed by atoms with van der Waals surface area (Å²) in [6.45, 7) is 0.132. The molecule has 0 heterocycles. The predicted octanol–water partition coefficient (Wildman–Crippen LogP) is 2.89. The minimum atomic E-state index is -4.20. The van der Waals surface area contributed by atoms with E-state index in [-0.39, 0.29) is 19.4 Å². The largest absolute Gasteiger partial charge is 0.497 e. The summed E-state index contributed by atoms with van der Waals surface area (Å²) in [6, 6.07) is 5.07. The van der Waals surface area contributed by atoms with Crippen molar-refractivity contribution in [2.75, 3.05) is 14.2 Å². The van der Waals surface area contributed by atoms with Gasteiger partial charge in [-0.05, 0) is 30.5 Å². The number of alkyl halides is 3. The van der Waals surface area contributed by atoms with E-state index in [2.05, 4.69) is 5.32 Å². The molecule has 6 heteroatoms. The Kier molecular flexibility index (Phi) is 3.62. The van der Waals surface area contributed by atoms with Crippen LogP contribution in [0.4, 0.5) is 13.2 Å². The first kappa shape index (κ1) is 14.0. The quantitative estimate of drug-likeness (QED) is 0.896. The van der Waals surface area contributed by atoms with Gasteiger partial charge in [0.1, 0.15) is 17.0 Å². The molecule has 1 aromatic carbocycles. The molecule has 2 rings (SSSR count). The third kappa shape index (κ3) is 2.94. The first-order valence-electron chi connectivity index (χ1n) is 5.94. The number of hydrogen-bond acceptors (Lipinski definition) is 3. The molecule has 1 saturated carbocycles. The molecule has 1 aromatic rings. The van der Waals surface area contributed by atoms with E-state index in [0.717, 1.165) is 0 Å². The van der Waals surface area contributed by atoms with Crippen molar-refractivity contribution in [3.63, 3.8) is 0 Å². The lowest BCUT2D eigenvalue weighted by atomic mass is 10.1. The molecule has 0 saturated heterocycles. The second kappa shape index (κ2) is 4.92. The van der Waals surface area contributed by atoms with Gasteiger partial charge in [0.15, 0.2) is 0 Å². The van der Waals surface area contributed by atoms with E-state index in [9.17, 15) is 13.2 Å². The van der Waals surface area contributed by atoms with E-state index < -0.39 is 11.7 Å². The van der Waals surface area contributed by atoms with Crippen molar-refractivity contribution in [3.8, 4) is 11.5 Å². The van der Waals surface area contributed by atoms with E-state index in [1.165, 1.54) is 14.2 Å². The molecule has 0 radical (unpaired) electrons. The highest BCUT2D eigenvalue weighted by molar-refractivity contribution is 5.38. The fourth-order valence-corrected chi connectivity index (χ4v) is 1.93. The first-order valence-corrected chi connectivity index (χ1v) is 5.94. The highest BCUT2D eigenvalue weighted by atomic mass is 19.4. The van der Waals surface area contributed by atoms with Crippen LogP contribution in [0.3, 0.4) is 0 Å². The summed E-state index contributed by atoms with van der Waals surface area (Å²) in [4.78, 5) is 0. The van der Waals surface area contributed by atoms with E-state index in [1.807, 2.05) is 0 Å². The molecule has 1 aliphatic rings. The van der Waals surface area contributed by atoms with E-state index >= 15 is 0 Å². The standard InChI is InChI=1S/C13H16F3NO2/c1-18-10-5-9(6-11(7-10)19-2)8-17-12(3-4-12)13(14,15)16/h5-7,17H,3-4,8H2,1-2H3. The molecule has 0 aliphatic heterocycles. The van der Waals surface area contributed by atoms with Gasteiger partial charge >= 0.3 is 6.18 Å². The Morgan fingerprint density at radius 1 is 1.11 bits per heavy atom. The van der Waals surface area contributed by atoms with Crippen LogP contribution in [-0.2, 0) is 6.54 Å². The number of rotatable bonds is 5. The Balaban J connectivity index is 2.08. The van der Waals surface area contributed by atoms with Gasteiger partial charge in [-0.1, -0.05) is 0 Å². The highest BCUT2D eigenvalue weighted by Gasteiger charge is 2.62. The lowest BCUT2D eigenvalue weighted by Crippen LogP contribution is -2.44. The number of hydrogen-bond donors (Lipinski definition) is 1. The SMILES string of the molecule is COc1cc(CNC2(C(F)(F)F)CC2)cc(OC)c1. The lowest BCUT2D eigenvalue weighted by molar-refractivity contribution is -0.166. The monoisotopic (exact) mass is 275 g/mol. The molecule has 106 valence electrons. The van der Waals surface area contributed by atoms with Crippen LogP contribution < -0.4 is 14.8 Å². The predicted molar refractivity (Wildman–Crippen MR) is 64.4 cm³/mol. The molecule has 3 nitrogen and oxygen atoms in total. The maximum Gasteiger partial charge on any atom is 0.406 e. The van der Waals surface area contributed by atoms with Crippen LogP contribution in [0, 0.1) is 0 Å². The van der Waals surface area contributed by atoms with Gasteiger partial charge in [-0.2, -0.15) is 13.2 Å². The third-order valence-electron chi connectivity index (χ3n) is 3.33. The Morgan fingerprint density at radius 2 is 1.63 bits per heavy atom. The average Bonchev–Trinajstić information content (AvgIpc) is 3.16. The van der Waals surface area contributed by atoms with Crippen LogP contribution in [0.5, 0.6) is 11.5 Å². The van der Waals surface area contributed by atoms with Gasteiger partial charge in [0, 0.05) is 12.6 Å². The molecule has 1 N–H and O–H groups in total. The zero-order valence-electron chi connectivity index (χ0n) is 10.8. The van der Waals surface area contributed by atoms with Crippen LogP contribution in [0.25, 0.3) is 0 Å². The summed E-state index contributed by atoms with van der Waals surface area (Å²) >= 11 is 0. The van der Waals surface area contributed by atoms with E-state index in [1.54, 1.807) is 18.2 Å². The smallest absolute Gasteiger partial charge is 0.406 e. The molecule has 0 atom stereocenters. The van der Waals surface area contributed by atoms with Gasteiger partial charge in [0.25, 0.3) is 0 Å². The fraction of sp³-hybridized carbons (Fsp3) is 0.538. The van der Waals surface area contributed by atoms with Crippen LogP contribution in [0.1, 0.15) is 18.4 Å². The van der Waals surface area contributed by atoms with Crippen molar-refractivity contribution >= 4 is 0 Å². The molecular weight excluding hydrogens is 259 g/mol. The molecule has 1 aliphatic carbocycles. The summed E-state index contributed by atoms with van der Waals surface area (Å²) in [5.41, 5.74) is -1.00. The molecular formula is C13H16F3NO2. The molecule has 0 amide bonds. The van der Waals surface area contributed by atoms with Crippen LogP contribution in [0.2, 0.25) is 0 Å². The number of nitrogens with one attached hydrogen (secondary N) is 1. The van der Waals surface area contributed by atoms with Gasteiger partial charge < -0.3 is 9.47 Å². The van der Waals surface area contributed by atoms with Gasteiger partial charge in [0.05, 0.1) is 14.2 Å². The maximum absolute atomic E-state index is 12.8. The summed E-state index contributed by atoms with van der Waals surface area (Å²) in [5.74, 6) is 1.13. The topological polar surface area (TPSA) is 30.5 Å². The van der Waals surface area contributed by atoms with Crippen molar-refractivity contribution in [2.45, 2.75) is 31.1 Å². The van der Waals surface area contributed by atoms with Gasteiger partial charge in [0.2, 0.25) is 0 Å². The number of ether oxygens (including phenoxy) is 2. The number of methoxy groups -OCH3 is 2. The Morgan fingerprint density at radius 3 is 2.00 bits per heavy atom. The van der Waals surface area contributed by atoms with E-state index in [0.29, 0.717) is 17.1 Å². The molecule has 1 fully saturated rings. The summed E-state index contributed by atoms with van der Waals surface area (Å²) in [5, 5.41) is 2.59. The van der Waals surface area contributed by atoms with Crippen molar-refractivity contribution in [1.29, 1.82) is 0 Å². The molecule has 19 heavy (non-hydrogen) atoms. The van der Waals surface area contributed by atoms with Crippen molar-refractivity contribution in [2.24, 2.45) is 0 Å². The molecule has 0 aromatic heterocycles. The normalized spacial score (nSPS) is 17.1. The average molecular weight is 275 g/mol. The summed E-state index contributed by atoms with van der Waals surface area (Å²) in [7, 11) is 3.01. The Labute approximate surface area is 109 Å². The second-order valence-corrected chi connectivity index (χ2v) is 4.65. The van der Waals surface area contributed by atoms with E-state index in [4.69, 9.17) is 9.47 Å². The lowest BCUT2D eigenvalue weighted by Gasteiger charge is -2.21. The highest BCUT2D eigenvalue weighted by Crippen LogP contribution is 2.49. The second-order valence-electron chi connectivity index (χ2n) is 4.65. The Hall–Kier alpha value is -1.43. The molecule has 0 unspecified atom stereocenters. The zero-order valence-corrected chi connectivity index (χ0v) is 10.8. The third-order valence-corrected chi connectivity index (χ3v) is 3.33. The van der Waals surface area contributed by atoms with Crippen molar-refractivity contribution in [3.05, 3.63) is 23.8 Å². The first-order chi connectivity index (χ1) is 8.90. The number of halogens is 3. The van der Waals surface area contributed by atoms with Crippen LogP contribution >= 0.6 is 0 Å². The number of benzene rings is 1. The minimum Gasteiger partial charge on any atom is -0.497 e. The Bertz CT molecular complexity index is 433. The van der Waals surface area contributed by atoms with Crippen molar-refractivity contribution < 1.29 is 22.6 Å². The fourth-order valence-electron chi connectivity index (χ4n) is 1.93. The summed E-state index contributed by atoms with van der Waals surface area (Å²) < 4.78 is 48.5. The molecule has 0 bridgehead atoms. The maximum atomic E-state index is 12.8. The van der Waals surface area contributed by atoms with Gasteiger partial charge in [-0.3, -0.25) is 5.32 Å². The molecule has 0 spiro atoms. The van der Waals surface area contributed by atoms with Crippen LogP contribution in [0.15, 0.2) is 18.2 Å². The van der Waals surface area contributed by atoms with Gasteiger partial charge in [-0.15, -0.1) is 0 Å². The minimum absolute atomic E-state index is 0.132. The summed E-state index contributed by atoms with van der Waals surface area (Å²) in [6.07, 6.45) is -3.93. The van der Waals surface area contributed by atoms with Gasteiger partial charge in [-0.25, -0.2) is 0 Å². The zero-order chi connectivity index (χ0) is 14.1. The van der Waals surface area contributed by atoms with Crippen LogP contribution in [-0.4, -0.2) is 25.9 Å².